The number of nitrogens with one attached hydrogen (secondary N) is 2. The van der Waals surface area contributed by atoms with Crippen LogP contribution in [0.3, 0.4) is 0 Å². The topological polar surface area (TPSA) is 70.7 Å². The van der Waals surface area contributed by atoms with Gasteiger partial charge in [0.2, 0.25) is 5.91 Å². The first-order valence-electron chi connectivity index (χ1n) is 11.2. The molecule has 1 unspecified atom stereocenters. The lowest BCUT2D eigenvalue weighted by molar-refractivity contribution is -0.117. The first kappa shape index (κ1) is 22.4. The van der Waals surface area contributed by atoms with Crippen molar-refractivity contribution in [2.24, 2.45) is 0 Å². The van der Waals surface area contributed by atoms with Crippen molar-refractivity contribution in [2.45, 2.75) is 32.2 Å². The number of nitrogens with zero attached hydrogens (tertiary/aromatic N) is 1. The zero-order valence-electron chi connectivity index (χ0n) is 19.0. The summed E-state index contributed by atoms with van der Waals surface area (Å²) in [5, 5.41) is 5.82. The van der Waals surface area contributed by atoms with Gasteiger partial charge in [0.1, 0.15) is 5.75 Å². The molecule has 170 valence electrons. The number of benzene rings is 3. The normalized spacial score (nSPS) is 13.2. The monoisotopic (exact) mass is 443 g/mol. The first-order valence-corrected chi connectivity index (χ1v) is 11.2. The smallest absolute Gasteiger partial charge is 0.319 e. The number of urea groups is 1. The van der Waals surface area contributed by atoms with Crippen molar-refractivity contribution in [1.82, 2.24) is 5.32 Å². The fraction of sp³-hybridized carbons (Fsp3) is 0.259. The van der Waals surface area contributed by atoms with Crippen LogP contribution in [-0.4, -0.2) is 31.6 Å². The number of carbonyl (C=O) groups is 2. The van der Waals surface area contributed by atoms with E-state index in [4.69, 9.17) is 4.74 Å². The highest BCUT2D eigenvalue weighted by Crippen LogP contribution is 2.28. The van der Waals surface area contributed by atoms with Crippen LogP contribution in [0.15, 0.2) is 72.8 Å². The Kier molecular flexibility index (Phi) is 6.93. The first-order chi connectivity index (χ1) is 16.0. The number of carbonyl (C=O) groups excluding carboxylic acids is 2. The highest BCUT2D eigenvalue weighted by molar-refractivity contribution is 5.96. The van der Waals surface area contributed by atoms with Crippen LogP contribution in [0.1, 0.15) is 23.6 Å². The molecule has 0 radical (unpaired) electrons. The third kappa shape index (κ3) is 5.71. The summed E-state index contributed by atoms with van der Waals surface area (Å²) in [6.07, 6.45) is 1.93. The van der Waals surface area contributed by atoms with Gasteiger partial charge in [-0.2, -0.15) is 0 Å². The summed E-state index contributed by atoms with van der Waals surface area (Å²) in [5.41, 5.74) is 4.93. The number of rotatable bonds is 7. The predicted octanol–water partition coefficient (Wildman–Crippen LogP) is 4.58. The molecule has 6 nitrogen and oxygen atoms in total. The van der Waals surface area contributed by atoms with Crippen LogP contribution in [0.4, 0.5) is 16.2 Å². The Morgan fingerprint density at radius 3 is 2.58 bits per heavy atom. The summed E-state index contributed by atoms with van der Waals surface area (Å²) >= 11 is 0. The van der Waals surface area contributed by atoms with Gasteiger partial charge in [0.15, 0.2) is 0 Å². The lowest BCUT2D eigenvalue weighted by Crippen LogP contribution is -2.37. The van der Waals surface area contributed by atoms with E-state index < -0.39 is 0 Å². The van der Waals surface area contributed by atoms with Crippen LogP contribution in [0.25, 0.3) is 0 Å². The molecule has 6 heteroatoms. The minimum absolute atomic E-state index is 0.0441. The van der Waals surface area contributed by atoms with Gasteiger partial charge < -0.3 is 20.3 Å². The number of amides is 3. The Labute approximate surface area is 194 Å². The van der Waals surface area contributed by atoms with E-state index in [-0.39, 0.29) is 18.0 Å². The van der Waals surface area contributed by atoms with Crippen molar-refractivity contribution < 1.29 is 14.3 Å². The number of para-hydroxylation sites is 1. The molecule has 2 N–H and O–H groups in total. The molecule has 1 aliphatic heterocycles. The molecule has 0 spiro atoms. The minimum Gasteiger partial charge on any atom is -0.497 e. The van der Waals surface area contributed by atoms with Crippen molar-refractivity contribution in [3.8, 4) is 5.75 Å². The van der Waals surface area contributed by atoms with Gasteiger partial charge in [0.05, 0.1) is 13.5 Å². The van der Waals surface area contributed by atoms with E-state index in [1.165, 1.54) is 5.56 Å². The standard InChI is InChI=1S/C27H29N3O3/c1-19(16-21-6-5-8-24(17-21)33-2)28-27(32)29-23-12-10-20(11-13-23)18-26(31)30-15-14-22-7-3-4-9-25(22)30/h3-13,17,19H,14-16,18H2,1-2H3,(H2,28,29,32). The maximum absolute atomic E-state index is 12.8. The average Bonchev–Trinajstić information content (AvgIpc) is 3.24. The molecule has 0 fully saturated rings. The van der Waals surface area contributed by atoms with Crippen LogP contribution in [0.2, 0.25) is 0 Å². The van der Waals surface area contributed by atoms with Gasteiger partial charge in [0.25, 0.3) is 0 Å². The number of fused-ring (bicyclic) bond motifs is 1. The van der Waals surface area contributed by atoms with Gasteiger partial charge in [-0.05, 0) is 66.8 Å². The molecule has 0 bridgehead atoms. The quantitative estimate of drug-likeness (QED) is 0.562. The van der Waals surface area contributed by atoms with Crippen molar-refractivity contribution in [1.29, 1.82) is 0 Å². The summed E-state index contributed by atoms with van der Waals surface area (Å²) in [4.78, 5) is 27.0. The lowest BCUT2D eigenvalue weighted by atomic mass is 10.1. The molecule has 0 saturated carbocycles. The number of hydrogen-bond acceptors (Lipinski definition) is 3. The highest BCUT2D eigenvalue weighted by Gasteiger charge is 2.23. The summed E-state index contributed by atoms with van der Waals surface area (Å²) in [5.74, 6) is 0.890. The molecule has 1 atom stereocenters. The molecule has 1 aliphatic rings. The molecule has 3 aromatic rings. The number of anilines is 2. The Balaban J connectivity index is 1.27. The van der Waals surface area contributed by atoms with E-state index in [2.05, 4.69) is 16.7 Å². The van der Waals surface area contributed by atoms with E-state index in [1.54, 1.807) is 7.11 Å². The maximum atomic E-state index is 12.8. The summed E-state index contributed by atoms with van der Waals surface area (Å²) in [7, 11) is 1.64. The van der Waals surface area contributed by atoms with E-state index in [1.807, 2.05) is 78.6 Å². The maximum Gasteiger partial charge on any atom is 0.319 e. The fourth-order valence-corrected chi connectivity index (χ4v) is 4.17. The Morgan fingerprint density at radius 2 is 1.79 bits per heavy atom. The van der Waals surface area contributed by atoms with Gasteiger partial charge in [-0.15, -0.1) is 0 Å². The molecule has 0 aliphatic carbocycles. The zero-order valence-corrected chi connectivity index (χ0v) is 19.0. The molecular weight excluding hydrogens is 414 g/mol. The second kappa shape index (κ2) is 10.2. The van der Waals surface area contributed by atoms with Crippen LogP contribution in [0, 0.1) is 0 Å². The van der Waals surface area contributed by atoms with E-state index >= 15 is 0 Å². The summed E-state index contributed by atoms with van der Waals surface area (Å²) < 4.78 is 5.25. The molecule has 33 heavy (non-hydrogen) atoms. The van der Waals surface area contributed by atoms with Crippen LogP contribution in [-0.2, 0) is 24.1 Å². The van der Waals surface area contributed by atoms with Crippen molar-refractivity contribution in [3.63, 3.8) is 0 Å². The molecule has 3 aromatic carbocycles. The Morgan fingerprint density at radius 1 is 1.00 bits per heavy atom. The average molecular weight is 444 g/mol. The molecule has 3 amide bonds. The predicted molar refractivity (Wildman–Crippen MR) is 131 cm³/mol. The SMILES string of the molecule is COc1cccc(CC(C)NC(=O)Nc2ccc(CC(=O)N3CCc4ccccc43)cc2)c1. The van der Waals surface area contributed by atoms with Gasteiger partial charge in [-0.25, -0.2) is 4.79 Å². The van der Waals surface area contributed by atoms with Gasteiger partial charge in [-0.1, -0.05) is 42.5 Å². The molecule has 1 heterocycles. The second-order valence-corrected chi connectivity index (χ2v) is 8.35. The fourth-order valence-electron chi connectivity index (χ4n) is 4.17. The van der Waals surface area contributed by atoms with Crippen molar-refractivity contribution in [2.75, 3.05) is 23.9 Å². The van der Waals surface area contributed by atoms with Crippen LogP contribution < -0.4 is 20.3 Å². The van der Waals surface area contributed by atoms with Gasteiger partial charge in [0, 0.05) is 24.0 Å². The van der Waals surface area contributed by atoms with Gasteiger partial charge in [-0.3, -0.25) is 4.79 Å². The lowest BCUT2D eigenvalue weighted by Gasteiger charge is -2.17. The molecule has 4 rings (SSSR count). The van der Waals surface area contributed by atoms with E-state index in [9.17, 15) is 9.59 Å². The Hall–Kier alpha value is -3.80. The minimum atomic E-state index is -0.261. The number of ether oxygens (including phenoxy) is 1. The van der Waals surface area contributed by atoms with Crippen LogP contribution in [0.5, 0.6) is 5.75 Å². The largest absolute Gasteiger partial charge is 0.497 e. The molecule has 0 saturated heterocycles. The van der Waals surface area contributed by atoms with Crippen molar-refractivity contribution >= 4 is 23.3 Å². The zero-order chi connectivity index (χ0) is 23.2. The van der Waals surface area contributed by atoms with E-state index in [0.717, 1.165) is 35.5 Å². The summed E-state index contributed by atoms with van der Waals surface area (Å²) in [6.45, 7) is 2.69. The summed E-state index contributed by atoms with van der Waals surface area (Å²) in [6, 6.07) is 23.0. The molecular formula is C27H29N3O3. The van der Waals surface area contributed by atoms with E-state index in [0.29, 0.717) is 18.5 Å². The third-order valence-electron chi connectivity index (χ3n) is 5.81. The number of methoxy groups -OCH3 is 1. The van der Waals surface area contributed by atoms with Crippen molar-refractivity contribution in [3.05, 3.63) is 89.5 Å². The second-order valence-electron chi connectivity index (χ2n) is 8.35. The van der Waals surface area contributed by atoms with Gasteiger partial charge >= 0.3 is 6.03 Å². The highest BCUT2D eigenvalue weighted by atomic mass is 16.5. The third-order valence-corrected chi connectivity index (χ3v) is 5.81. The number of hydrogen-bond donors (Lipinski definition) is 2. The molecule has 0 aromatic heterocycles. The Bertz CT molecular complexity index is 1130. The van der Waals surface area contributed by atoms with Crippen LogP contribution >= 0.6 is 0 Å².